The van der Waals surface area contributed by atoms with E-state index >= 15 is 0 Å². The fourth-order valence-corrected chi connectivity index (χ4v) is 2.40. The number of methoxy groups -OCH3 is 1. The zero-order valence-electron chi connectivity index (χ0n) is 15.6. The van der Waals surface area contributed by atoms with E-state index in [4.69, 9.17) is 9.15 Å². The minimum absolute atomic E-state index is 0.188. The van der Waals surface area contributed by atoms with Crippen molar-refractivity contribution >= 4 is 5.97 Å². The molecular formula is C22H24O4. The first-order valence-corrected chi connectivity index (χ1v) is 8.63. The van der Waals surface area contributed by atoms with Crippen molar-refractivity contribution in [1.29, 1.82) is 0 Å². The second-order valence-corrected chi connectivity index (χ2v) is 5.36. The van der Waals surface area contributed by atoms with Crippen LogP contribution in [0.3, 0.4) is 0 Å². The van der Waals surface area contributed by atoms with Gasteiger partial charge >= 0.3 is 5.97 Å². The van der Waals surface area contributed by atoms with E-state index in [1.165, 1.54) is 7.11 Å². The molecule has 26 heavy (non-hydrogen) atoms. The number of rotatable bonds is 5. The summed E-state index contributed by atoms with van der Waals surface area (Å²) in [6.45, 7) is 6.13. The maximum absolute atomic E-state index is 11.5. The maximum Gasteiger partial charge on any atom is 0.373 e. The standard InChI is InChI=1S/C20H18O4.C2H6/c1-14-17(12-19(24-14)20(21)22-2)13-23-18-10-8-16(9-11-18)15-6-4-3-5-7-15;1-2/h3-12H,13H2,1-2H3;1-2H3. The summed E-state index contributed by atoms with van der Waals surface area (Å²) in [5, 5.41) is 0. The van der Waals surface area contributed by atoms with Crippen LogP contribution in [0, 0.1) is 6.92 Å². The van der Waals surface area contributed by atoms with Gasteiger partial charge in [0.05, 0.1) is 7.11 Å². The lowest BCUT2D eigenvalue weighted by Crippen LogP contribution is -1.99. The molecule has 0 saturated heterocycles. The number of hydrogen-bond donors (Lipinski definition) is 0. The molecule has 0 radical (unpaired) electrons. The van der Waals surface area contributed by atoms with Gasteiger partial charge in [0.1, 0.15) is 18.1 Å². The third-order valence-corrected chi connectivity index (χ3v) is 3.76. The lowest BCUT2D eigenvalue weighted by molar-refractivity contribution is 0.0563. The summed E-state index contributed by atoms with van der Waals surface area (Å²) in [4.78, 5) is 11.5. The van der Waals surface area contributed by atoms with Crippen molar-refractivity contribution < 1.29 is 18.7 Å². The summed E-state index contributed by atoms with van der Waals surface area (Å²) >= 11 is 0. The molecule has 4 nitrogen and oxygen atoms in total. The van der Waals surface area contributed by atoms with E-state index in [9.17, 15) is 4.79 Å². The van der Waals surface area contributed by atoms with Crippen molar-refractivity contribution in [3.05, 3.63) is 77.7 Å². The SMILES string of the molecule is CC.COC(=O)c1cc(COc2ccc(-c3ccccc3)cc2)c(C)o1. The highest BCUT2D eigenvalue weighted by Gasteiger charge is 2.15. The first-order chi connectivity index (χ1) is 12.7. The number of hydrogen-bond acceptors (Lipinski definition) is 4. The van der Waals surface area contributed by atoms with Gasteiger partial charge in [0.15, 0.2) is 0 Å². The molecule has 1 aromatic heterocycles. The summed E-state index contributed by atoms with van der Waals surface area (Å²) in [6, 6.07) is 19.7. The number of carbonyl (C=O) groups is 1. The third kappa shape index (κ3) is 4.76. The highest BCUT2D eigenvalue weighted by Crippen LogP contribution is 2.23. The van der Waals surface area contributed by atoms with E-state index in [1.54, 1.807) is 13.0 Å². The summed E-state index contributed by atoms with van der Waals surface area (Å²) in [6.07, 6.45) is 0. The molecule has 136 valence electrons. The smallest absolute Gasteiger partial charge is 0.373 e. The predicted octanol–water partition coefficient (Wildman–Crippen LogP) is 5.65. The van der Waals surface area contributed by atoms with Crippen molar-refractivity contribution in [1.82, 2.24) is 0 Å². The number of aryl methyl sites for hydroxylation is 1. The highest BCUT2D eigenvalue weighted by molar-refractivity contribution is 5.86. The molecule has 0 aliphatic rings. The maximum atomic E-state index is 11.5. The molecule has 0 N–H and O–H groups in total. The molecule has 0 saturated carbocycles. The van der Waals surface area contributed by atoms with Crippen molar-refractivity contribution in [2.45, 2.75) is 27.4 Å². The highest BCUT2D eigenvalue weighted by atomic mass is 16.5. The van der Waals surface area contributed by atoms with Crippen LogP contribution in [-0.4, -0.2) is 13.1 Å². The molecule has 0 bridgehead atoms. The molecule has 1 heterocycles. The van der Waals surface area contributed by atoms with Crippen LogP contribution in [-0.2, 0) is 11.3 Å². The zero-order chi connectivity index (χ0) is 18.9. The lowest BCUT2D eigenvalue weighted by atomic mass is 10.1. The summed E-state index contributed by atoms with van der Waals surface area (Å²) in [7, 11) is 1.32. The molecule has 0 fully saturated rings. The van der Waals surface area contributed by atoms with Crippen molar-refractivity contribution in [3.8, 4) is 16.9 Å². The minimum Gasteiger partial charge on any atom is -0.489 e. The van der Waals surface area contributed by atoms with Gasteiger partial charge < -0.3 is 13.9 Å². The molecule has 4 heteroatoms. The van der Waals surface area contributed by atoms with E-state index < -0.39 is 5.97 Å². The Morgan fingerprint density at radius 3 is 2.19 bits per heavy atom. The van der Waals surface area contributed by atoms with Gasteiger partial charge in [-0.05, 0) is 36.2 Å². The largest absolute Gasteiger partial charge is 0.489 e. The molecule has 0 unspecified atom stereocenters. The molecule has 2 aromatic carbocycles. The van der Waals surface area contributed by atoms with Crippen LogP contribution in [0.4, 0.5) is 0 Å². The van der Waals surface area contributed by atoms with Crippen LogP contribution < -0.4 is 4.74 Å². The molecule has 3 aromatic rings. The van der Waals surface area contributed by atoms with Gasteiger partial charge in [0, 0.05) is 5.56 Å². The van der Waals surface area contributed by atoms with Crippen molar-refractivity contribution in [3.63, 3.8) is 0 Å². The van der Waals surface area contributed by atoms with Gasteiger partial charge in [-0.1, -0.05) is 56.3 Å². The number of carbonyl (C=O) groups excluding carboxylic acids is 1. The van der Waals surface area contributed by atoms with Gasteiger partial charge in [-0.25, -0.2) is 4.79 Å². The lowest BCUT2D eigenvalue weighted by Gasteiger charge is -2.07. The van der Waals surface area contributed by atoms with Gasteiger partial charge in [-0.15, -0.1) is 0 Å². The Morgan fingerprint density at radius 2 is 1.58 bits per heavy atom. The van der Waals surface area contributed by atoms with Crippen LogP contribution in [0.5, 0.6) is 5.75 Å². The molecule has 0 amide bonds. The van der Waals surface area contributed by atoms with Crippen molar-refractivity contribution in [2.24, 2.45) is 0 Å². The first kappa shape index (κ1) is 19.3. The molecule has 0 atom stereocenters. The van der Waals surface area contributed by atoms with Crippen LogP contribution in [0.15, 0.2) is 65.1 Å². The first-order valence-electron chi connectivity index (χ1n) is 8.63. The van der Waals surface area contributed by atoms with Gasteiger partial charge in [-0.2, -0.15) is 0 Å². The van der Waals surface area contributed by atoms with E-state index in [0.717, 1.165) is 22.4 Å². The van der Waals surface area contributed by atoms with Crippen LogP contribution in [0.2, 0.25) is 0 Å². The van der Waals surface area contributed by atoms with Crippen LogP contribution >= 0.6 is 0 Å². The van der Waals surface area contributed by atoms with Crippen LogP contribution in [0.25, 0.3) is 11.1 Å². The predicted molar refractivity (Wildman–Crippen MR) is 102 cm³/mol. The Hall–Kier alpha value is -3.01. The molecule has 3 rings (SSSR count). The second-order valence-electron chi connectivity index (χ2n) is 5.36. The van der Waals surface area contributed by atoms with E-state index in [2.05, 4.69) is 16.9 Å². The zero-order valence-corrected chi connectivity index (χ0v) is 15.6. The second kappa shape index (κ2) is 9.47. The summed E-state index contributed by atoms with van der Waals surface area (Å²) in [5.41, 5.74) is 3.12. The Bertz CT molecular complexity index is 817. The number of ether oxygens (including phenoxy) is 2. The molecule has 0 aliphatic heterocycles. The van der Waals surface area contributed by atoms with Gasteiger partial charge in [-0.3, -0.25) is 0 Å². The Morgan fingerprint density at radius 1 is 0.962 bits per heavy atom. The van der Waals surface area contributed by atoms with Crippen LogP contribution in [0.1, 0.15) is 35.7 Å². The topological polar surface area (TPSA) is 48.7 Å². The van der Waals surface area contributed by atoms with Gasteiger partial charge in [0.25, 0.3) is 0 Å². The van der Waals surface area contributed by atoms with Gasteiger partial charge in [0.2, 0.25) is 5.76 Å². The van der Waals surface area contributed by atoms with Crippen molar-refractivity contribution in [2.75, 3.05) is 7.11 Å². The Kier molecular flexibility index (Phi) is 7.03. The van der Waals surface area contributed by atoms with E-state index in [1.807, 2.05) is 56.3 Å². The minimum atomic E-state index is -0.489. The fraction of sp³-hybridized carbons (Fsp3) is 0.227. The summed E-state index contributed by atoms with van der Waals surface area (Å²) < 4.78 is 15.8. The molecule has 0 spiro atoms. The monoisotopic (exact) mass is 352 g/mol. The number of furan rings is 1. The quantitative estimate of drug-likeness (QED) is 0.557. The summed E-state index contributed by atoms with van der Waals surface area (Å²) in [5.74, 6) is 1.11. The normalized spacial score (nSPS) is 9.85. The Labute approximate surface area is 154 Å². The number of esters is 1. The van der Waals surface area contributed by atoms with E-state index in [-0.39, 0.29) is 5.76 Å². The third-order valence-electron chi connectivity index (χ3n) is 3.76. The molecular weight excluding hydrogens is 328 g/mol. The fourth-order valence-electron chi connectivity index (χ4n) is 2.40. The number of benzene rings is 2. The average molecular weight is 352 g/mol. The Balaban J connectivity index is 0.00000117. The van der Waals surface area contributed by atoms with E-state index in [0.29, 0.717) is 12.4 Å². The average Bonchev–Trinajstić information content (AvgIpc) is 3.09. The molecule has 0 aliphatic carbocycles.